The van der Waals surface area contributed by atoms with Crippen LogP contribution in [-0.4, -0.2) is 123 Å². The molecule has 0 radical (unpaired) electrons. The molecule has 0 aliphatic rings. The van der Waals surface area contributed by atoms with Gasteiger partial charge in [-0.2, -0.15) is 0 Å². The van der Waals surface area contributed by atoms with E-state index in [1.54, 1.807) is 0 Å². The van der Waals surface area contributed by atoms with Crippen LogP contribution in [0.15, 0.2) is 12.4 Å². The van der Waals surface area contributed by atoms with E-state index in [0.29, 0.717) is 0 Å². The van der Waals surface area contributed by atoms with Crippen LogP contribution >= 0.6 is 0 Å². The number of nitrogens with zero attached hydrogens (tertiary/aromatic N) is 2. The molecular weight excluding hydrogens is 186 g/mol. The SMILES string of the molecule is Oc1cc(O)ncn1.[KH].[KH]. The van der Waals surface area contributed by atoms with Gasteiger partial charge in [-0.05, 0) is 0 Å². The molecule has 4 nitrogen and oxygen atoms in total. The zero-order valence-corrected chi connectivity index (χ0v) is 3.94. The van der Waals surface area contributed by atoms with Gasteiger partial charge in [0.15, 0.2) is 0 Å². The number of rotatable bonds is 0. The van der Waals surface area contributed by atoms with Crippen LogP contribution in [0.1, 0.15) is 0 Å². The molecule has 1 aromatic rings. The summed E-state index contributed by atoms with van der Waals surface area (Å²) in [6, 6.07) is 1.06. The zero-order valence-electron chi connectivity index (χ0n) is 3.94. The van der Waals surface area contributed by atoms with Gasteiger partial charge in [-0.3, -0.25) is 0 Å². The maximum atomic E-state index is 8.50. The summed E-state index contributed by atoms with van der Waals surface area (Å²) < 4.78 is 0. The fourth-order valence-corrected chi connectivity index (χ4v) is 0.337. The van der Waals surface area contributed by atoms with Gasteiger partial charge in [0.05, 0.1) is 6.07 Å². The summed E-state index contributed by atoms with van der Waals surface area (Å²) in [6.07, 6.45) is 1.07. The number of hydrogen-bond acceptors (Lipinski definition) is 4. The average molecular weight is 192 g/mol. The van der Waals surface area contributed by atoms with E-state index in [-0.39, 0.29) is 115 Å². The van der Waals surface area contributed by atoms with Gasteiger partial charge in [-0.15, -0.1) is 0 Å². The number of aromatic hydroxyl groups is 2. The molecule has 0 aromatic carbocycles. The molecule has 0 unspecified atom stereocenters. The molecule has 0 amide bonds. The molecule has 0 spiro atoms. The van der Waals surface area contributed by atoms with Crippen molar-refractivity contribution in [1.82, 2.24) is 9.97 Å². The van der Waals surface area contributed by atoms with Crippen molar-refractivity contribution >= 4 is 103 Å². The van der Waals surface area contributed by atoms with Crippen LogP contribution in [0, 0.1) is 0 Å². The molecule has 0 bridgehead atoms. The summed E-state index contributed by atoms with van der Waals surface area (Å²) >= 11 is 0. The van der Waals surface area contributed by atoms with Gasteiger partial charge in [0.25, 0.3) is 0 Å². The van der Waals surface area contributed by atoms with Crippen LogP contribution in [0.3, 0.4) is 0 Å². The van der Waals surface area contributed by atoms with Crippen molar-refractivity contribution in [2.45, 2.75) is 0 Å². The molecule has 2 N–H and O–H groups in total. The van der Waals surface area contributed by atoms with Gasteiger partial charge >= 0.3 is 103 Å². The monoisotopic (exact) mass is 192 g/mol. The summed E-state index contributed by atoms with van der Waals surface area (Å²) in [4.78, 5) is 6.65. The molecular formula is C4H6K2N2O2. The Balaban J connectivity index is 0. The first-order chi connectivity index (χ1) is 3.79. The van der Waals surface area contributed by atoms with E-state index in [9.17, 15) is 0 Å². The Hall–Kier alpha value is 1.95. The van der Waals surface area contributed by atoms with Crippen molar-refractivity contribution < 1.29 is 10.2 Å². The van der Waals surface area contributed by atoms with Gasteiger partial charge in [-0.25, -0.2) is 9.97 Å². The molecule has 1 rings (SSSR count). The summed E-state index contributed by atoms with van der Waals surface area (Å²) in [5.41, 5.74) is 0. The first-order valence-corrected chi connectivity index (χ1v) is 1.99. The molecule has 0 aliphatic carbocycles. The van der Waals surface area contributed by atoms with Gasteiger partial charge in [0.2, 0.25) is 11.8 Å². The Morgan fingerprint density at radius 1 is 1.00 bits per heavy atom. The number of hydrogen-bond donors (Lipinski definition) is 2. The van der Waals surface area contributed by atoms with E-state index in [1.807, 2.05) is 0 Å². The van der Waals surface area contributed by atoms with Crippen molar-refractivity contribution in [2.24, 2.45) is 0 Å². The van der Waals surface area contributed by atoms with Crippen LogP contribution in [0.4, 0.5) is 0 Å². The summed E-state index contributed by atoms with van der Waals surface area (Å²) in [5, 5.41) is 17.0. The fraction of sp³-hybridized carbons (Fsp3) is 0. The Morgan fingerprint density at radius 3 is 1.60 bits per heavy atom. The average Bonchev–Trinajstić information content (AvgIpc) is 1.64. The van der Waals surface area contributed by atoms with Gasteiger partial charge in [-0.1, -0.05) is 0 Å². The third-order valence-electron chi connectivity index (χ3n) is 0.638. The predicted molar refractivity (Wildman–Crippen MR) is 39.7 cm³/mol. The second kappa shape index (κ2) is 7.59. The van der Waals surface area contributed by atoms with Gasteiger partial charge in [0.1, 0.15) is 6.33 Å². The molecule has 0 fully saturated rings. The first kappa shape index (κ1) is 14.5. The summed E-state index contributed by atoms with van der Waals surface area (Å²) in [7, 11) is 0. The van der Waals surface area contributed by atoms with Crippen LogP contribution in [0.2, 0.25) is 0 Å². The van der Waals surface area contributed by atoms with Crippen LogP contribution in [-0.2, 0) is 0 Å². The zero-order chi connectivity index (χ0) is 5.98. The van der Waals surface area contributed by atoms with Crippen molar-refractivity contribution in [1.29, 1.82) is 0 Å². The second-order valence-electron chi connectivity index (χ2n) is 1.23. The van der Waals surface area contributed by atoms with Crippen molar-refractivity contribution in [3.8, 4) is 11.8 Å². The Labute approximate surface area is 143 Å². The minimum absolute atomic E-state index is 0. The third kappa shape index (κ3) is 5.58. The van der Waals surface area contributed by atoms with E-state index in [2.05, 4.69) is 9.97 Å². The van der Waals surface area contributed by atoms with Gasteiger partial charge < -0.3 is 10.2 Å². The molecule has 0 atom stereocenters. The molecule has 6 heteroatoms. The first-order valence-electron chi connectivity index (χ1n) is 1.99. The Morgan fingerprint density at radius 2 is 1.40 bits per heavy atom. The van der Waals surface area contributed by atoms with E-state index >= 15 is 0 Å². The third-order valence-corrected chi connectivity index (χ3v) is 0.638. The summed E-state index contributed by atoms with van der Waals surface area (Å²) in [6.45, 7) is 0. The van der Waals surface area contributed by atoms with E-state index in [4.69, 9.17) is 10.2 Å². The molecule has 1 heterocycles. The van der Waals surface area contributed by atoms with Gasteiger partial charge in [0, 0.05) is 0 Å². The molecule has 0 saturated heterocycles. The topological polar surface area (TPSA) is 66.2 Å². The van der Waals surface area contributed by atoms with E-state index < -0.39 is 0 Å². The predicted octanol–water partition coefficient (Wildman–Crippen LogP) is -1.41. The molecule has 0 aliphatic heterocycles. The minimum atomic E-state index is -0.225. The summed E-state index contributed by atoms with van der Waals surface area (Å²) in [5.74, 6) is -0.449. The van der Waals surface area contributed by atoms with Crippen LogP contribution < -0.4 is 0 Å². The van der Waals surface area contributed by atoms with Crippen molar-refractivity contribution in [3.63, 3.8) is 0 Å². The molecule has 46 valence electrons. The van der Waals surface area contributed by atoms with Crippen LogP contribution in [0.25, 0.3) is 0 Å². The maximum absolute atomic E-state index is 8.50. The molecule has 10 heavy (non-hydrogen) atoms. The number of aromatic nitrogens is 2. The van der Waals surface area contributed by atoms with Crippen molar-refractivity contribution in [3.05, 3.63) is 12.4 Å². The van der Waals surface area contributed by atoms with Crippen molar-refractivity contribution in [2.75, 3.05) is 0 Å². The fourth-order valence-electron chi connectivity index (χ4n) is 0.337. The Kier molecular flexibility index (Phi) is 11.0. The molecule has 1 aromatic heterocycles. The normalized spacial score (nSPS) is 7.20. The van der Waals surface area contributed by atoms with E-state index in [1.165, 1.54) is 0 Å². The quantitative estimate of drug-likeness (QED) is 0.496. The van der Waals surface area contributed by atoms with E-state index in [0.717, 1.165) is 12.4 Å². The Bertz CT molecular complexity index is 179. The second-order valence-corrected chi connectivity index (χ2v) is 1.23. The van der Waals surface area contributed by atoms with Crippen LogP contribution in [0.5, 0.6) is 11.8 Å². The molecule has 0 saturated carbocycles. The standard InChI is InChI=1S/C4H4N2O2.2K.2H/c7-3-1-4(8)6-2-5-3;;;;/h1-2H,(H2,5,6,7,8);;;;.